The average molecular weight is 305 g/mol. The molecule has 0 aromatic heterocycles. The molecule has 0 heterocycles. The molecule has 3 N–H and O–H groups in total. The Bertz CT molecular complexity index is 374. The highest BCUT2D eigenvalue weighted by atomic mass is 79.9. The number of nitrogen functional groups attached to an aromatic ring is 1. The number of aliphatic hydroxyl groups is 1. The zero-order chi connectivity index (χ0) is 12.8. The molecule has 0 atom stereocenters. The Balaban J connectivity index is 2.62. The largest absolute Gasteiger partial charge is 0.397 e. The number of benzene rings is 1. The second-order valence-corrected chi connectivity index (χ2v) is 4.89. The Hall–Kier alpha value is -0.810. The summed E-state index contributed by atoms with van der Waals surface area (Å²) in [6.07, 6.45) is 2.77. The van der Waals surface area contributed by atoms with Crippen LogP contribution in [0.2, 0.25) is 0 Å². The van der Waals surface area contributed by atoms with Gasteiger partial charge in [-0.25, -0.2) is 4.39 Å². The Morgan fingerprint density at radius 3 is 2.71 bits per heavy atom. The minimum Gasteiger partial charge on any atom is -0.397 e. The highest BCUT2D eigenvalue weighted by molar-refractivity contribution is 9.10. The van der Waals surface area contributed by atoms with Crippen LogP contribution in [0.3, 0.4) is 0 Å². The van der Waals surface area contributed by atoms with Crippen LogP contribution in [0.4, 0.5) is 15.8 Å². The predicted octanol–water partition coefficient (Wildman–Crippen LogP) is 2.77. The lowest BCUT2D eigenvalue weighted by Gasteiger charge is -2.21. The monoisotopic (exact) mass is 304 g/mol. The predicted molar refractivity (Wildman–Crippen MR) is 72.7 cm³/mol. The van der Waals surface area contributed by atoms with Crippen molar-refractivity contribution in [3.05, 3.63) is 22.4 Å². The fourth-order valence-electron chi connectivity index (χ4n) is 1.64. The minimum atomic E-state index is -0.347. The van der Waals surface area contributed by atoms with Crippen molar-refractivity contribution in [3.8, 4) is 0 Å². The molecular formula is C12H18BrFN2O. The van der Waals surface area contributed by atoms with Crippen LogP contribution in [-0.4, -0.2) is 25.3 Å². The van der Waals surface area contributed by atoms with Gasteiger partial charge in [0, 0.05) is 26.3 Å². The van der Waals surface area contributed by atoms with Gasteiger partial charge in [0.2, 0.25) is 0 Å². The summed E-state index contributed by atoms with van der Waals surface area (Å²) < 4.78 is 13.6. The van der Waals surface area contributed by atoms with Crippen LogP contribution < -0.4 is 10.6 Å². The fraction of sp³-hybridized carbons (Fsp3) is 0.500. The molecule has 3 nitrogen and oxygen atoms in total. The topological polar surface area (TPSA) is 49.5 Å². The van der Waals surface area contributed by atoms with Crippen molar-refractivity contribution < 1.29 is 9.50 Å². The third-order valence-corrected chi connectivity index (χ3v) is 3.24. The maximum absolute atomic E-state index is 13.2. The number of aliphatic hydroxyl groups excluding tert-OH is 1. The van der Waals surface area contributed by atoms with E-state index in [4.69, 9.17) is 10.8 Å². The minimum absolute atomic E-state index is 0.230. The zero-order valence-electron chi connectivity index (χ0n) is 9.92. The van der Waals surface area contributed by atoms with Gasteiger partial charge in [0.25, 0.3) is 0 Å². The van der Waals surface area contributed by atoms with Crippen molar-refractivity contribution in [3.63, 3.8) is 0 Å². The van der Waals surface area contributed by atoms with Gasteiger partial charge in [-0.2, -0.15) is 0 Å². The number of nitrogens with two attached hydrogens (primary N) is 1. The van der Waals surface area contributed by atoms with E-state index in [-0.39, 0.29) is 12.4 Å². The summed E-state index contributed by atoms with van der Waals surface area (Å²) in [5, 5.41) is 8.68. The number of anilines is 2. The molecule has 0 aliphatic carbocycles. The smallest absolute Gasteiger partial charge is 0.139 e. The van der Waals surface area contributed by atoms with Gasteiger partial charge in [-0.05, 0) is 41.3 Å². The Morgan fingerprint density at radius 2 is 2.06 bits per heavy atom. The van der Waals surface area contributed by atoms with Gasteiger partial charge in [-0.15, -0.1) is 0 Å². The number of hydrogen-bond acceptors (Lipinski definition) is 3. The van der Waals surface area contributed by atoms with Gasteiger partial charge < -0.3 is 15.7 Å². The molecular weight excluding hydrogens is 287 g/mol. The van der Waals surface area contributed by atoms with Gasteiger partial charge in [-0.3, -0.25) is 0 Å². The van der Waals surface area contributed by atoms with Crippen LogP contribution in [0.15, 0.2) is 16.6 Å². The van der Waals surface area contributed by atoms with Crippen LogP contribution in [0.1, 0.15) is 19.3 Å². The summed E-state index contributed by atoms with van der Waals surface area (Å²) >= 11 is 3.15. The van der Waals surface area contributed by atoms with E-state index in [1.54, 1.807) is 6.07 Å². The average Bonchev–Trinajstić information content (AvgIpc) is 2.29. The van der Waals surface area contributed by atoms with E-state index in [1.807, 2.05) is 11.9 Å². The van der Waals surface area contributed by atoms with Crippen molar-refractivity contribution in [1.29, 1.82) is 0 Å². The van der Waals surface area contributed by atoms with Crippen molar-refractivity contribution in [2.24, 2.45) is 0 Å². The fourth-order valence-corrected chi connectivity index (χ4v) is 1.97. The molecule has 0 saturated carbocycles. The third-order valence-electron chi connectivity index (χ3n) is 2.63. The normalized spacial score (nSPS) is 10.6. The van der Waals surface area contributed by atoms with Gasteiger partial charge in [0.15, 0.2) is 0 Å². The van der Waals surface area contributed by atoms with Gasteiger partial charge >= 0.3 is 0 Å². The van der Waals surface area contributed by atoms with E-state index in [0.29, 0.717) is 10.2 Å². The molecule has 5 heteroatoms. The number of halogens is 2. The maximum Gasteiger partial charge on any atom is 0.139 e. The van der Waals surface area contributed by atoms with Crippen LogP contribution in [0, 0.1) is 5.82 Å². The number of rotatable bonds is 6. The zero-order valence-corrected chi connectivity index (χ0v) is 11.5. The molecule has 96 valence electrons. The summed E-state index contributed by atoms with van der Waals surface area (Å²) in [5.74, 6) is -0.347. The van der Waals surface area contributed by atoms with E-state index >= 15 is 0 Å². The van der Waals surface area contributed by atoms with E-state index in [0.717, 1.165) is 31.5 Å². The summed E-state index contributed by atoms with van der Waals surface area (Å²) in [5.41, 5.74) is 7.04. The molecule has 0 unspecified atom stereocenters. The van der Waals surface area contributed by atoms with Gasteiger partial charge in [0.05, 0.1) is 15.8 Å². The Kier molecular flexibility index (Phi) is 5.71. The molecule has 0 radical (unpaired) electrons. The first-order valence-corrected chi connectivity index (χ1v) is 6.42. The van der Waals surface area contributed by atoms with Gasteiger partial charge in [-0.1, -0.05) is 0 Å². The lowest BCUT2D eigenvalue weighted by Crippen LogP contribution is -2.20. The quantitative estimate of drug-likeness (QED) is 0.627. The van der Waals surface area contributed by atoms with Crippen LogP contribution >= 0.6 is 15.9 Å². The second-order valence-electron chi connectivity index (χ2n) is 4.03. The summed E-state index contributed by atoms with van der Waals surface area (Å²) in [6.45, 7) is 1.07. The Morgan fingerprint density at radius 1 is 1.35 bits per heavy atom. The number of unbranched alkanes of at least 4 members (excludes halogenated alkanes) is 2. The third kappa shape index (κ3) is 4.16. The summed E-state index contributed by atoms with van der Waals surface area (Å²) in [7, 11) is 1.93. The summed E-state index contributed by atoms with van der Waals surface area (Å²) in [6, 6.07) is 3.01. The molecule has 0 fully saturated rings. The van der Waals surface area contributed by atoms with Crippen molar-refractivity contribution >= 4 is 27.3 Å². The van der Waals surface area contributed by atoms with Crippen molar-refractivity contribution in [2.75, 3.05) is 30.8 Å². The van der Waals surface area contributed by atoms with E-state index in [2.05, 4.69) is 15.9 Å². The molecule has 0 spiro atoms. The van der Waals surface area contributed by atoms with Crippen LogP contribution in [0.25, 0.3) is 0 Å². The molecule has 0 amide bonds. The lowest BCUT2D eigenvalue weighted by molar-refractivity contribution is 0.283. The highest BCUT2D eigenvalue weighted by Crippen LogP contribution is 2.29. The SMILES string of the molecule is CN(CCCCCO)c1cc(Br)c(F)cc1N. The second kappa shape index (κ2) is 6.81. The molecule has 0 saturated heterocycles. The Labute approximate surface area is 110 Å². The standard InChI is InChI=1S/C12H18BrFN2O/c1-16(5-3-2-4-6-17)12-7-9(13)10(14)8-11(12)15/h7-8,17H,2-6,15H2,1H3. The van der Waals surface area contributed by atoms with Gasteiger partial charge in [0.1, 0.15) is 5.82 Å². The van der Waals surface area contributed by atoms with Crippen molar-refractivity contribution in [1.82, 2.24) is 0 Å². The molecule has 1 rings (SSSR count). The molecule has 17 heavy (non-hydrogen) atoms. The molecule has 0 aliphatic rings. The van der Waals surface area contributed by atoms with Crippen LogP contribution in [-0.2, 0) is 0 Å². The molecule has 1 aromatic rings. The molecule has 1 aromatic carbocycles. The highest BCUT2D eigenvalue weighted by Gasteiger charge is 2.09. The number of hydrogen-bond donors (Lipinski definition) is 2. The number of nitrogens with zero attached hydrogens (tertiary/aromatic N) is 1. The first-order valence-electron chi connectivity index (χ1n) is 5.62. The van der Waals surface area contributed by atoms with Crippen LogP contribution in [0.5, 0.6) is 0 Å². The maximum atomic E-state index is 13.2. The van der Waals surface area contributed by atoms with E-state index in [1.165, 1.54) is 6.07 Å². The summed E-state index contributed by atoms with van der Waals surface area (Å²) in [4.78, 5) is 2.00. The first-order chi connectivity index (χ1) is 8.06. The van der Waals surface area contributed by atoms with E-state index < -0.39 is 0 Å². The lowest BCUT2D eigenvalue weighted by atomic mass is 10.2. The first kappa shape index (κ1) is 14.3. The van der Waals surface area contributed by atoms with E-state index in [9.17, 15) is 4.39 Å². The molecule has 0 bridgehead atoms. The molecule has 0 aliphatic heterocycles. The van der Waals surface area contributed by atoms with Crippen molar-refractivity contribution in [2.45, 2.75) is 19.3 Å².